The Labute approximate surface area is 91.8 Å². The molecule has 0 atom stereocenters. The average Bonchev–Trinajstić information content (AvgIpc) is 2.18. The fraction of sp³-hybridized carbons (Fsp3) is 0.900. The molecule has 0 radical (unpaired) electrons. The van der Waals surface area contributed by atoms with Crippen molar-refractivity contribution >= 4 is 18.4 Å². The van der Waals surface area contributed by atoms with E-state index in [0.717, 1.165) is 32.1 Å². The number of hydrogen-bond donors (Lipinski definition) is 1. The Hall–Kier alpha value is -0.280. The van der Waals surface area contributed by atoms with E-state index in [0.29, 0.717) is 6.54 Å². The van der Waals surface area contributed by atoms with Crippen LogP contribution in [0.4, 0.5) is 0 Å². The molecule has 0 bridgehead atoms. The molecule has 84 valence electrons. The molecule has 1 aliphatic carbocycles. The Morgan fingerprint density at radius 1 is 1.36 bits per heavy atom. The maximum Gasteiger partial charge on any atom is 0.311 e. The number of hydrogen-bond acceptors (Lipinski definition) is 3. The molecule has 0 aliphatic heterocycles. The van der Waals surface area contributed by atoms with Crippen LogP contribution in [0.25, 0.3) is 0 Å². The summed E-state index contributed by atoms with van der Waals surface area (Å²) in [4.78, 5) is 11.6. The van der Waals surface area contributed by atoms with Gasteiger partial charge in [-0.25, -0.2) is 0 Å². The van der Waals surface area contributed by atoms with Crippen LogP contribution in [0.2, 0.25) is 0 Å². The molecular formula is C10H20ClNO2. The summed E-state index contributed by atoms with van der Waals surface area (Å²) in [7, 11) is 1.47. The Bertz CT molecular complexity index is 173. The summed E-state index contributed by atoms with van der Waals surface area (Å²) < 4.78 is 4.85. The molecule has 0 spiro atoms. The molecule has 3 nitrogen and oxygen atoms in total. The molecule has 2 N–H and O–H groups in total. The zero-order chi connectivity index (χ0) is 9.73. The lowest BCUT2D eigenvalue weighted by atomic mass is 9.72. The maximum absolute atomic E-state index is 11.6. The molecule has 4 heteroatoms. The fourth-order valence-electron chi connectivity index (χ4n) is 2.28. The molecule has 0 aromatic rings. The van der Waals surface area contributed by atoms with Crippen molar-refractivity contribution in [3.05, 3.63) is 0 Å². The lowest BCUT2D eigenvalue weighted by molar-refractivity contribution is -0.155. The second kappa shape index (κ2) is 6.25. The minimum Gasteiger partial charge on any atom is -0.469 e. The molecule has 1 aliphatic rings. The molecule has 1 fully saturated rings. The quantitative estimate of drug-likeness (QED) is 0.741. The predicted molar refractivity (Wildman–Crippen MR) is 58.5 cm³/mol. The highest BCUT2D eigenvalue weighted by molar-refractivity contribution is 5.85. The molecule has 0 aromatic carbocycles. The zero-order valence-electron chi connectivity index (χ0n) is 8.75. The summed E-state index contributed by atoms with van der Waals surface area (Å²) in [6, 6.07) is 0. The summed E-state index contributed by atoms with van der Waals surface area (Å²) in [5, 5.41) is 0. The van der Waals surface area contributed by atoms with E-state index >= 15 is 0 Å². The maximum atomic E-state index is 11.6. The second-order valence-corrected chi connectivity index (χ2v) is 3.87. The van der Waals surface area contributed by atoms with Gasteiger partial charge in [-0.05, 0) is 25.8 Å². The zero-order valence-corrected chi connectivity index (χ0v) is 9.57. The Morgan fingerprint density at radius 3 is 2.36 bits per heavy atom. The van der Waals surface area contributed by atoms with Crippen molar-refractivity contribution in [1.29, 1.82) is 0 Å². The molecule has 0 heterocycles. The fourth-order valence-corrected chi connectivity index (χ4v) is 2.28. The highest BCUT2D eigenvalue weighted by Gasteiger charge is 2.39. The molecule has 0 aromatic heterocycles. The number of rotatable bonds is 3. The third-order valence-corrected chi connectivity index (χ3v) is 3.05. The van der Waals surface area contributed by atoms with Gasteiger partial charge in [-0.1, -0.05) is 19.3 Å². The van der Waals surface area contributed by atoms with Crippen LogP contribution < -0.4 is 5.73 Å². The SMILES string of the molecule is COC(=O)C1(CCN)CCCCC1.Cl. The summed E-state index contributed by atoms with van der Waals surface area (Å²) in [6.07, 6.45) is 6.20. The van der Waals surface area contributed by atoms with Crippen LogP contribution in [-0.4, -0.2) is 19.6 Å². The standard InChI is InChI=1S/C10H19NO2.ClH/c1-13-9(12)10(7-8-11)5-3-2-4-6-10;/h2-8,11H2,1H3;1H. The van der Waals surface area contributed by atoms with E-state index in [-0.39, 0.29) is 23.8 Å². The van der Waals surface area contributed by atoms with Crippen LogP contribution in [0.1, 0.15) is 38.5 Å². The number of methoxy groups -OCH3 is 1. The van der Waals surface area contributed by atoms with Crippen LogP contribution in [-0.2, 0) is 9.53 Å². The van der Waals surface area contributed by atoms with Gasteiger partial charge >= 0.3 is 5.97 Å². The number of carbonyl (C=O) groups is 1. The molecule has 1 saturated carbocycles. The molecule has 14 heavy (non-hydrogen) atoms. The minimum absolute atomic E-state index is 0. The van der Waals surface area contributed by atoms with Gasteiger partial charge in [0.25, 0.3) is 0 Å². The number of esters is 1. The topological polar surface area (TPSA) is 52.3 Å². The van der Waals surface area contributed by atoms with E-state index in [9.17, 15) is 4.79 Å². The number of nitrogens with two attached hydrogens (primary N) is 1. The van der Waals surface area contributed by atoms with Gasteiger partial charge in [-0.15, -0.1) is 12.4 Å². The van der Waals surface area contributed by atoms with Crippen molar-refractivity contribution < 1.29 is 9.53 Å². The first-order valence-electron chi connectivity index (χ1n) is 5.04. The normalized spacial score (nSPS) is 19.6. The molecule has 0 amide bonds. The summed E-state index contributed by atoms with van der Waals surface area (Å²) >= 11 is 0. The molecule has 0 saturated heterocycles. The van der Waals surface area contributed by atoms with Crippen molar-refractivity contribution in [2.24, 2.45) is 11.1 Å². The van der Waals surface area contributed by atoms with Gasteiger partial charge in [-0.3, -0.25) is 4.79 Å². The Balaban J connectivity index is 0.00000169. The summed E-state index contributed by atoms with van der Waals surface area (Å²) in [6.45, 7) is 0.578. The molecular weight excluding hydrogens is 202 g/mol. The third kappa shape index (κ3) is 2.85. The van der Waals surface area contributed by atoms with Crippen molar-refractivity contribution in [3.63, 3.8) is 0 Å². The van der Waals surface area contributed by atoms with Gasteiger partial charge in [0.2, 0.25) is 0 Å². The first kappa shape index (κ1) is 13.7. The van der Waals surface area contributed by atoms with Crippen LogP contribution in [0.3, 0.4) is 0 Å². The van der Waals surface area contributed by atoms with Crippen molar-refractivity contribution in [1.82, 2.24) is 0 Å². The van der Waals surface area contributed by atoms with Gasteiger partial charge in [0, 0.05) is 0 Å². The van der Waals surface area contributed by atoms with Crippen LogP contribution in [0.5, 0.6) is 0 Å². The molecule has 0 unspecified atom stereocenters. The number of ether oxygens (including phenoxy) is 1. The van der Waals surface area contributed by atoms with Crippen molar-refractivity contribution in [2.45, 2.75) is 38.5 Å². The van der Waals surface area contributed by atoms with E-state index in [1.165, 1.54) is 13.5 Å². The average molecular weight is 222 g/mol. The first-order chi connectivity index (χ1) is 6.25. The van der Waals surface area contributed by atoms with Gasteiger partial charge in [0.1, 0.15) is 0 Å². The first-order valence-corrected chi connectivity index (χ1v) is 5.04. The van der Waals surface area contributed by atoms with E-state index in [4.69, 9.17) is 10.5 Å². The van der Waals surface area contributed by atoms with Gasteiger partial charge in [-0.2, -0.15) is 0 Å². The lowest BCUT2D eigenvalue weighted by Crippen LogP contribution is -2.36. The van der Waals surface area contributed by atoms with E-state index in [1.54, 1.807) is 0 Å². The van der Waals surface area contributed by atoms with Gasteiger partial charge in [0.15, 0.2) is 0 Å². The van der Waals surface area contributed by atoms with Crippen molar-refractivity contribution in [3.8, 4) is 0 Å². The van der Waals surface area contributed by atoms with Crippen molar-refractivity contribution in [2.75, 3.05) is 13.7 Å². The van der Waals surface area contributed by atoms with Gasteiger partial charge in [0.05, 0.1) is 12.5 Å². The van der Waals surface area contributed by atoms with Crippen LogP contribution in [0, 0.1) is 5.41 Å². The number of carbonyl (C=O) groups excluding carboxylic acids is 1. The van der Waals surface area contributed by atoms with E-state index < -0.39 is 0 Å². The smallest absolute Gasteiger partial charge is 0.311 e. The monoisotopic (exact) mass is 221 g/mol. The highest BCUT2D eigenvalue weighted by atomic mass is 35.5. The van der Waals surface area contributed by atoms with Crippen LogP contribution in [0.15, 0.2) is 0 Å². The van der Waals surface area contributed by atoms with Crippen LogP contribution >= 0.6 is 12.4 Å². The number of halogens is 1. The summed E-state index contributed by atoms with van der Waals surface area (Å²) in [5.74, 6) is -0.0577. The Morgan fingerprint density at radius 2 is 1.93 bits per heavy atom. The van der Waals surface area contributed by atoms with Gasteiger partial charge < -0.3 is 10.5 Å². The second-order valence-electron chi connectivity index (χ2n) is 3.87. The predicted octanol–water partition coefficient (Wildman–Crippen LogP) is 1.88. The minimum atomic E-state index is -0.248. The highest BCUT2D eigenvalue weighted by Crippen LogP contribution is 2.39. The summed E-state index contributed by atoms with van der Waals surface area (Å²) in [5.41, 5.74) is 5.28. The van der Waals surface area contributed by atoms with E-state index in [2.05, 4.69) is 0 Å². The molecule has 1 rings (SSSR count). The Kier molecular flexibility index (Phi) is 6.12. The third-order valence-electron chi connectivity index (χ3n) is 3.05. The van der Waals surface area contributed by atoms with E-state index in [1.807, 2.05) is 0 Å². The largest absolute Gasteiger partial charge is 0.469 e. The lowest BCUT2D eigenvalue weighted by Gasteiger charge is -2.34.